The summed E-state index contributed by atoms with van der Waals surface area (Å²) in [7, 11) is 3.38. The Morgan fingerprint density at radius 3 is 2.89 bits per heavy atom. The van der Waals surface area contributed by atoms with Crippen LogP contribution in [0, 0.1) is 0 Å². The van der Waals surface area contributed by atoms with Gasteiger partial charge in [0.05, 0.1) is 7.11 Å². The van der Waals surface area contributed by atoms with Crippen molar-refractivity contribution in [1.82, 2.24) is 9.97 Å². The first-order valence-electron chi connectivity index (χ1n) is 6.26. The molecule has 0 atom stereocenters. The van der Waals surface area contributed by atoms with Crippen molar-refractivity contribution >= 4 is 11.8 Å². The second-order valence-electron chi connectivity index (χ2n) is 4.22. The molecule has 0 aliphatic heterocycles. The lowest BCUT2D eigenvalue weighted by atomic mass is 10.2. The fraction of sp³-hybridized carbons (Fsp3) is 0.615. The lowest BCUT2D eigenvalue weighted by Gasteiger charge is -2.17. The van der Waals surface area contributed by atoms with Crippen LogP contribution in [0.3, 0.4) is 0 Å². The standard InChI is InChI=1S/C13H21N3O2/c1-4-6-11-9-12(15-10-14-11)16(2)8-5-7-13(17)18-3/h9-10H,4-8H2,1-3H3. The number of methoxy groups -OCH3 is 1. The first kappa shape index (κ1) is 14.4. The summed E-state index contributed by atoms with van der Waals surface area (Å²) in [6.45, 7) is 2.90. The van der Waals surface area contributed by atoms with Crippen LogP contribution in [0.4, 0.5) is 5.82 Å². The number of carbonyl (C=O) groups is 1. The predicted octanol–water partition coefficient (Wildman–Crippen LogP) is 1.82. The van der Waals surface area contributed by atoms with E-state index in [0.29, 0.717) is 6.42 Å². The van der Waals surface area contributed by atoms with Crippen molar-refractivity contribution in [1.29, 1.82) is 0 Å². The van der Waals surface area contributed by atoms with E-state index >= 15 is 0 Å². The zero-order valence-electron chi connectivity index (χ0n) is 11.3. The van der Waals surface area contributed by atoms with E-state index in [1.54, 1.807) is 6.33 Å². The lowest BCUT2D eigenvalue weighted by Crippen LogP contribution is -2.21. The third-order valence-corrected chi connectivity index (χ3v) is 2.71. The second-order valence-corrected chi connectivity index (χ2v) is 4.22. The van der Waals surface area contributed by atoms with Crippen LogP contribution in [-0.4, -0.2) is 36.6 Å². The Morgan fingerprint density at radius 1 is 1.44 bits per heavy atom. The third kappa shape index (κ3) is 4.69. The van der Waals surface area contributed by atoms with Crippen molar-refractivity contribution in [2.75, 3.05) is 25.6 Å². The third-order valence-electron chi connectivity index (χ3n) is 2.71. The summed E-state index contributed by atoms with van der Waals surface area (Å²) >= 11 is 0. The van der Waals surface area contributed by atoms with Crippen LogP contribution in [0.15, 0.2) is 12.4 Å². The summed E-state index contributed by atoms with van der Waals surface area (Å²) in [5.74, 6) is 0.732. The van der Waals surface area contributed by atoms with Gasteiger partial charge in [-0.05, 0) is 12.8 Å². The number of esters is 1. The molecule has 0 radical (unpaired) electrons. The summed E-state index contributed by atoms with van der Waals surface area (Å²) in [4.78, 5) is 21.5. The van der Waals surface area contributed by atoms with E-state index in [1.807, 2.05) is 18.0 Å². The molecule has 1 aromatic rings. The Kier molecular flexibility index (Phi) is 6.11. The average molecular weight is 251 g/mol. The molecule has 1 heterocycles. The molecule has 1 aromatic heterocycles. The van der Waals surface area contributed by atoms with E-state index in [2.05, 4.69) is 21.6 Å². The molecule has 0 bridgehead atoms. The molecule has 0 aliphatic rings. The van der Waals surface area contributed by atoms with Gasteiger partial charge in [-0.3, -0.25) is 4.79 Å². The van der Waals surface area contributed by atoms with Crippen molar-refractivity contribution < 1.29 is 9.53 Å². The molecule has 0 unspecified atom stereocenters. The molecule has 0 aliphatic carbocycles. The fourth-order valence-electron chi connectivity index (χ4n) is 1.66. The Bertz CT molecular complexity index is 382. The van der Waals surface area contributed by atoms with Crippen LogP contribution in [-0.2, 0) is 16.0 Å². The highest BCUT2D eigenvalue weighted by Gasteiger charge is 2.06. The van der Waals surface area contributed by atoms with Crippen molar-refractivity contribution in [3.05, 3.63) is 18.1 Å². The molecular weight excluding hydrogens is 230 g/mol. The van der Waals surface area contributed by atoms with Gasteiger partial charge in [0.15, 0.2) is 0 Å². The monoisotopic (exact) mass is 251 g/mol. The van der Waals surface area contributed by atoms with Gasteiger partial charge in [0.1, 0.15) is 12.1 Å². The molecule has 0 saturated heterocycles. The molecule has 0 saturated carbocycles. The van der Waals surface area contributed by atoms with Crippen molar-refractivity contribution in [2.45, 2.75) is 32.6 Å². The summed E-state index contributed by atoms with van der Waals surface area (Å²) in [6.07, 6.45) is 4.83. The smallest absolute Gasteiger partial charge is 0.305 e. The highest BCUT2D eigenvalue weighted by molar-refractivity contribution is 5.69. The molecule has 0 N–H and O–H groups in total. The van der Waals surface area contributed by atoms with Gasteiger partial charge in [0, 0.05) is 31.8 Å². The highest BCUT2D eigenvalue weighted by Crippen LogP contribution is 2.11. The number of ether oxygens (including phenoxy) is 1. The zero-order chi connectivity index (χ0) is 13.4. The number of carbonyl (C=O) groups excluding carboxylic acids is 1. The average Bonchev–Trinajstić information content (AvgIpc) is 2.39. The van der Waals surface area contributed by atoms with Crippen molar-refractivity contribution in [3.63, 3.8) is 0 Å². The molecule has 100 valence electrons. The molecule has 5 heteroatoms. The zero-order valence-corrected chi connectivity index (χ0v) is 11.3. The lowest BCUT2D eigenvalue weighted by molar-refractivity contribution is -0.140. The van der Waals surface area contributed by atoms with Gasteiger partial charge < -0.3 is 9.64 Å². The topological polar surface area (TPSA) is 55.3 Å². The molecular formula is C13H21N3O2. The largest absolute Gasteiger partial charge is 0.469 e. The summed E-state index contributed by atoms with van der Waals surface area (Å²) < 4.78 is 4.61. The predicted molar refractivity (Wildman–Crippen MR) is 70.5 cm³/mol. The number of nitrogens with zero attached hydrogens (tertiary/aromatic N) is 3. The van der Waals surface area contributed by atoms with E-state index in [4.69, 9.17) is 0 Å². The van der Waals surface area contributed by atoms with Gasteiger partial charge >= 0.3 is 5.97 Å². The van der Waals surface area contributed by atoms with Gasteiger partial charge in [-0.15, -0.1) is 0 Å². The second kappa shape index (κ2) is 7.63. The molecule has 18 heavy (non-hydrogen) atoms. The van der Waals surface area contributed by atoms with Crippen LogP contribution >= 0.6 is 0 Å². The van der Waals surface area contributed by atoms with Gasteiger partial charge in [-0.1, -0.05) is 13.3 Å². The maximum Gasteiger partial charge on any atom is 0.305 e. The number of aromatic nitrogens is 2. The van der Waals surface area contributed by atoms with E-state index < -0.39 is 0 Å². The minimum Gasteiger partial charge on any atom is -0.469 e. The molecule has 0 fully saturated rings. The maximum atomic E-state index is 11.0. The number of aryl methyl sites for hydroxylation is 1. The van der Waals surface area contributed by atoms with E-state index in [0.717, 1.165) is 37.3 Å². The normalized spacial score (nSPS) is 10.2. The van der Waals surface area contributed by atoms with Gasteiger partial charge in [-0.2, -0.15) is 0 Å². The number of hydrogen-bond donors (Lipinski definition) is 0. The number of anilines is 1. The van der Waals surface area contributed by atoms with Crippen LogP contribution < -0.4 is 4.90 Å². The summed E-state index contributed by atoms with van der Waals surface area (Å²) in [5.41, 5.74) is 1.06. The summed E-state index contributed by atoms with van der Waals surface area (Å²) in [5, 5.41) is 0. The molecule has 5 nitrogen and oxygen atoms in total. The van der Waals surface area contributed by atoms with E-state index in [-0.39, 0.29) is 5.97 Å². The first-order chi connectivity index (χ1) is 8.67. The Balaban J connectivity index is 2.47. The fourth-order valence-corrected chi connectivity index (χ4v) is 1.66. The van der Waals surface area contributed by atoms with Crippen LogP contribution in [0.2, 0.25) is 0 Å². The minimum absolute atomic E-state index is 0.169. The Labute approximate surface area is 108 Å². The number of rotatable bonds is 7. The minimum atomic E-state index is -0.169. The van der Waals surface area contributed by atoms with Crippen molar-refractivity contribution in [3.8, 4) is 0 Å². The Morgan fingerprint density at radius 2 is 2.22 bits per heavy atom. The van der Waals surface area contributed by atoms with E-state index in [1.165, 1.54) is 7.11 Å². The van der Waals surface area contributed by atoms with E-state index in [9.17, 15) is 4.79 Å². The first-order valence-corrected chi connectivity index (χ1v) is 6.26. The SMILES string of the molecule is CCCc1cc(N(C)CCCC(=O)OC)ncn1. The summed E-state index contributed by atoms with van der Waals surface area (Å²) in [6, 6.07) is 2.00. The van der Waals surface area contributed by atoms with Crippen molar-refractivity contribution in [2.24, 2.45) is 0 Å². The Hall–Kier alpha value is -1.65. The molecule has 1 rings (SSSR count). The molecule has 0 aromatic carbocycles. The highest BCUT2D eigenvalue weighted by atomic mass is 16.5. The van der Waals surface area contributed by atoms with Crippen LogP contribution in [0.1, 0.15) is 31.9 Å². The van der Waals surface area contributed by atoms with Crippen LogP contribution in [0.25, 0.3) is 0 Å². The quantitative estimate of drug-likeness (QED) is 0.692. The van der Waals surface area contributed by atoms with Crippen LogP contribution in [0.5, 0.6) is 0 Å². The maximum absolute atomic E-state index is 11.0. The van der Waals surface area contributed by atoms with Gasteiger partial charge in [-0.25, -0.2) is 9.97 Å². The van der Waals surface area contributed by atoms with Gasteiger partial charge in [0.2, 0.25) is 0 Å². The number of hydrogen-bond acceptors (Lipinski definition) is 5. The van der Waals surface area contributed by atoms with Gasteiger partial charge in [0.25, 0.3) is 0 Å². The molecule has 0 amide bonds. The molecule has 0 spiro atoms.